The fourth-order valence-electron chi connectivity index (χ4n) is 4.41. The first-order valence-corrected chi connectivity index (χ1v) is 11.3. The summed E-state index contributed by atoms with van der Waals surface area (Å²) in [5, 5.41) is 16.3. The molecule has 1 fully saturated rings. The number of hydrogen-bond acceptors (Lipinski definition) is 3. The first-order chi connectivity index (χ1) is 14.0. The number of hydrogen-bond donors (Lipinski definition) is 3. The van der Waals surface area contributed by atoms with Crippen molar-refractivity contribution in [2.75, 3.05) is 39.5 Å². The molecule has 1 aromatic rings. The summed E-state index contributed by atoms with van der Waals surface area (Å²) in [7, 11) is 0. The maximum Gasteiger partial charge on any atom is 0.191 e. The van der Waals surface area contributed by atoms with Gasteiger partial charge in [0.2, 0.25) is 0 Å². The van der Waals surface area contributed by atoms with Crippen molar-refractivity contribution in [3.8, 4) is 0 Å². The van der Waals surface area contributed by atoms with Crippen LogP contribution in [0, 0.1) is 18.8 Å². The largest absolute Gasteiger partial charge is 0.396 e. The summed E-state index contributed by atoms with van der Waals surface area (Å²) in [5.41, 5.74) is 2.78. The van der Waals surface area contributed by atoms with Gasteiger partial charge in [-0.25, -0.2) is 0 Å². The third-order valence-electron chi connectivity index (χ3n) is 5.95. The number of aryl methyl sites for hydroxylation is 1. The monoisotopic (exact) mass is 531 g/mol. The summed E-state index contributed by atoms with van der Waals surface area (Å²) < 4.78 is 5.68. The maximum absolute atomic E-state index is 9.39. The molecule has 0 saturated carbocycles. The number of guanidine groups is 1. The first-order valence-electron chi connectivity index (χ1n) is 11.3. The van der Waals surface area contributed by atoms with Crippen molar-refractivity contribution in [1.82, 2.24) is 10.6 Å². The predicted octanol–water partition coefficient (Wildman–Crippen LogP) is 4.26. The molecule has 0 aromatic heterocycles. The summed E-state index contributed by atoms with van der Waals surface area (Å²) in [5.74, 6) is 1.95. The molecule has 0 spiro atoms. The van der Waals surface area contributed by atoms with E-state index in [0.29, 0.717) is 11.8 Å². The van der Waals surface area contributed by atoms with Gasteiger partial charge in [-0.1, -0.05) is 38.1 Å². The quantitative estimate of drug-likeness (QED) is 0.240. The van der Waals surface area contributed by atoms with Crippen LogP contribution in [-0.4, -0.2) is 50.5 Å². The summed E-state index contributed by atoms with van der Waals surface area (Å²) in [6.07, 6.45) is 3.94. The van der Waals surface area contributed by atoms with Crippen LogP contribution in [0.25, 0.3) is 0 Å². The number of aliphatic hydroxyl groups is 1. The Morgan fingerprint density at radius 3 is 2.50 bits per heavy atom. The lowest BCUT2D eigenvalue weighted by Crippen LogP contribution is -2.43. The number of aliphatic hydroxyl groups excluding tert-OH is 1. The van der Waals surface area contributed by atoms with E-state index in [4.69, 9.17) is 9.73 Å². The molecule has 1 aliphatic rings. The number of aliphatic imine (C=N–C) groups is 1. The molecule has 1 aliphatic heterocycles. The van der Waals surface area contributed by atoms with E-state index in [1.54, 1.807) is 0 Å². The van der Waals surface area contributed by atoms with Gasteiger partial charge >= 0.3 is 0 Å². The van der Waals surface area contributed by atoms with Crippen molar-refractivity contribution in [3.63, 3.8) is 0 Å². The van der Waals surface area contributed by atoms with Crippen LogP contribution in [0.1, 0.15) is 57.6 Å². The Morgan fingerprint density at radius 2 is 1.90 bits per heavy atom. The Bertz CT molecular complexity index is 631. The minimum absolute atomic E-state index is 0. The zero-order valence-corrected chi connectivity index (χ0v) is 21.6. The van der Waals surface area contributed by atoms with Gasteiger partial charge in [0, 0.05) is 38.3 Å². The van der Waals surface area contributed by atoms with Crippen LogP contribution in [0.15, 0.2) is 29.3 Å². The van der Waals surface area contributed by atoms with E-state index in [1.807, 2.05) is 0 Å². The van der Waals surface area contributed by atoms with Crippen molar-refractivity contribution in [1.29, 1.82) is 0 Å². The first kappa shape index (κ1) is 27.2. The minimum atomic E-state index is 0. The summed E-state index contributed by atoms with van der Waals surface area (Å²) >= 11 is 0. The Hall–Kier alpha value is -0.860. The zero-order valence-electron chi connectivity index (χ0n) is 19.2. The molecular weight excluding hydrogens is 489 g/mol. The molecule has 1 saturated heterocycles. The Labute approximate surface area is 200 Å². The molecular formula is C24H42IN3O2. The fourth-order valence-corrected chi connectivity index (χ4v) is 4.41. The molecule has 0 amide bonds. The highest BCUT2D eigenvalue weighted by Gasteiger charge is 2.35. The minimum Gasteiger partial charge on any atom is -0.396 e. The average Bonchev–Trinajstić information content (AvgIpc) is 2.70. The van der Waals surface area contributed by atoms with Crippen LogP contribution in [0.5, 0.6) is 0 Å². The summed E-state index contributed by atoms with van der Waals surface area (Å²) in [6.45, 7) is 13.0. The molecule has 1 aromatic carbocycles. The lowest BCUT2D eigenvalue weighted by atomic mass is 9.72. The van der Waals surface area contributed by atoms with Gasteiger partial charge in [0.05, 0.1) is 6.54 Å². The standard InChI is InChI=1S/C24H41N3O2.HI/c1-5-25-23(26-17-21(10-13-28)16-19(2)3)27-18-24(11-14-29-15-12-24)22-9-7-6-8-20(22)4;/h6-9,19,21,28H,5,10-18H2,1-4H3,(H2,25,26,27);1H. The number of nitrogens with zero attached hydrogens (tertiary/aromatic N) is 1. The second-order valence-corrected chi connectivity index (χ2v) is 8.79. The normalized spacial score (nSPS) is 17.3. The second-order valence-electron chi connectivity index (χ2n) is 8.79. The molecule has 30 heavy (non-hydrogen) atoms. The molecule has 0 bridgehead atoms. The van der Waals surface area contributed by atoms with E-state index in [1.165, 1.54) is 11.1 Å². The summed E-state index contributed by atoms with van der Waals surface area (Å²) in [6, 6.07) is 8.70. The van der Waals surface area contributed by atoms with Gasteiger partial charge in [0.25, 0.3) is 0 Å². The van der Waals surface area contributed by atoms with Crippen LogP contribution in [0.3, 0.4) is 0 Å². The molecule has 5 nitrogen and oxygen atoms in total. The highest BCUT2D eigenvalue weighted by molar-refractivity contribution is 14.0. The molecule has 172 valence electrons. The maximum atomic E-state index is 9.39. The van der Waals surface area contributed by atoms with Gasteiger partial charge in [-0.05, 0) is 62.5 Å². The molecule has 0 aliphatic carbocycles. The van der Waals surface area contributed by atoms with Crippen LogP contribution >= 0.6 is 24.0 Å². The Morgan fingerprint density at radius 1 is 1.20 bits per heavy atom. The van der Waals surface area contributed by atoms with Crippen LogP contribution in [-0.2, 0) is 10.2 Å². The smallest absolute Gasteiger partial charge is 0.191 e. The van der Waals surface area contributed by atoms with Crippen molar-refractivity contribution < 1.29 is 9.84 Å². The lowest BCUT2D eigenvalue weighted by molar-refractivity contribution is 0.0529. The van der Waals surface area contributed by atoms with Crippen LogP contribution in [0.2, 0.25) is 0 Å². The van der Waals surface area contributed by atoms with E-state index in [-0.39, 0.29) is 36.0 Å². The molecule has 1 heterocycles. The Kier molecular flexibility index (Phi) is 12.9. The van der Waals surface area contributed by atoms with Crippen molar-refractivity contribution in [3.05, 3.63) is 35.4 Å². The third-order valence-corrected chi connectivity index (χ3v) is 5.95. The predicted molar refractivity (Wildman–Crippen MR) is 137 cm³/mol. The van der Waals surface area contributed by atoms with E-state index < -0.39 is 0 Å². The Balaban J connectivity index is 0.00000450. The van der Waals surface area contributed by atoms with Crippen molar-refractivity contribution in [2.45, 2.75) is 58.8 Å². The number of benzene rings is 1. The molecule has 1 atom stereocenters. The van der Waals surface area contributed by atoms with Crippen molar-refractivity contribution in [2.24, 2.45) is 16.8 Å². The topological polar surface area (TPSA) is 65.9 Å². The third kappa shape index (κ3) is 8.35. The number of ether oxygens (including phenoxy) is 1. The fraction of sp³-hybridized carbons (Fsp3) is 0.708. The second kappa shape index (κ2) is 14.2. The summed E-state index contributed by atoms with van der Waals surface area (Å²) in [4.78, 5) is 5.01. The van der Waals surface area contributed by atoms with Crippen molar-refractivity contribution >= 4 is 29.9 Å². The van der Waals surface area contributed by atoms with Gasteiger partial charge < -0.3 is 20.5 Å². The molecule has 0 radical (unpaired) electrons. The number of nitrogens with one attached hydrogen (secondary N) is 2. The molecule has 3 N–H and O–H groups in total. The van der Waals surface area contributed by atoms with E-state index in [9.17, 15) is 5.11 Å². The molecule has 1 unspecified atom stereocenters. The lowest BCUT2D eigenvalue weighted by Gasteiger charge is -2.37. The highest BCUT2D eigenvalue weighted by Crippen LogP contribution is 2.37. The van der Waals surface area contributed by atoms with Gasteiger partial charge in [-0.2, -0.15) is 0 Å². The highest BCUT2D eigenvalue weighted by atomic mass is 127. The van der Waals surface area contributed by atoms with Gasteiger partial charge in [0.1, 0.15) is 0 Å². The van der Waals surface area contributed by atoms with Gasteiger partial charge in [-0.15, -0.1) is 24.0 Å². The molecule has 2 rings (SSSR count). The van der Waals surface area contributed by atoms with E-state index in [0.717, 1.165) is 64.5 Å². The van der Waals surface area contributed by atoms with E-state index in [2.05, 4.69) is 62.6 Å². The van der Waals surface area contributed by atoms with Crippen LogP contribution in [0.4, 0.5) is 0 Å². The van der Waals surface area contributed by atoms with Crippen LogP contribution < -0.4 is 10.6 Å². The number of rotatable bonds is 10. The van der Waals surface area contributed by atoms with E-state index >= 15 is 0 Å². The molecule has 6 heteroatoms. The SMILES string of the molecule is CCNC(=NCC1(c2ccccc2C)CCOCC1)NCC(CCO)CC(C)C.I. The number of halogens is 1. The van der Waals surface area contributed by atoms with Gasteiger partial charge in [-0.3, -0.25) is 4.99 Å². The van der Waals surface area contributed by atoms with Gasteiger partial charge in [0.15, 0.2) is 5.96 Å². The zero-order chi connectivity index (χ0) is 21.1. The average molecular weight is 532 g/mol.